The van der Waals surface area contributed by atoms with Crippen molar-refractivity contribution in [3.05, 3.63) is 23.0 Å². The average Bonchev–Trinajstić information content (AvgIpc) is 2.70. The Morgan fingerprint density at radius 3 is 2.93 bits per heavy atom. The molecule has 1 atom stereocenters. The van der Waals surface area contributed by atoms with Gasteiger partial charge in [-0.15, -0.1) is 17.5 Å². The first-order chi connectivity index (χ1) is 6.84. The number of hydrogen-bond donors (Lipinski definition) is 2. The number of halogens is 2. The van der Waals surface area contributed by atoms with E-state index < -0.39 is 0 Å². The molecule has 15 heavy (non-hydrogen) atoms. The van der Waals surface area contributed by atoms with Crippen molar-refractivity contribution in [2.24, 2.45) is 0 Å². The Bertz CT molecular complexity index is 285. The Balaban J connectivity index is 0.00000112. The quantitative estimate of drug-likeness (QED) is 0.839. The van der Waals surface area contributed by atoms with E-state index in [0.717, 1.165) is 25.3 Å². The molecule has 2 heterocycles. The second kappa shape index (κ2) is 6.23. The Hall–Kier alpha value is -0.420. The molecular formula is C9H14Cl2N4. The molecule has 2 rings (SSSR count). The van der Waals surface area contributed by atoms with E-state index in [1.54, 1.807) is 6.07 Å². The number of hydrogen-bond acceptors (Lipinski definition) is 4. The number of aromatic nitrogens is 2. The maximum absolute atomic E-state index is 5.63. The summed E-state index contributed by atoms with van der Waals surface area (Å²) < 4.78 is 0. The highest BCUT2D eigenvalue weighted by atomic mass is 35.5. The molecule has 6 heteroatoms. The molecule has 0 aromatic carbocycles. The molecule has 0 saturated carbocycles. The summed E-state index contributed by atoms with van der Waals surface area (Å²) in [6, 6.07) is 4.22. The second-order valence-corrected chi connectivity index (χ2v) is 3.81. The number of rotatable bonds is 3. The Kier molecular flexibility index (Phi) is 5.25. The summed E-state index contributed by atoms with van der Waals surface area (Å²) in [4.78, 5) is 0. The van der Waals surface area contributed by atoms with Crippen LogP contribution in [0.5, 0.6) is 0 Å². The van der Waals surface area contributed by atoms with Gasteiger partial charge in [0.1, 0.15) is 0 Å². The van der Waals surface area contributed by atoms with Gasteiger partial charge < -0.3 is 10.6 Å². The molecular weight excluding hydrogens is 235 g/mol. The summed E-state index contributed by atoms with van der Waals surface area (Å²) in [6.07, 6.45) is 1.18. The lowest BCUT2D eigenvalue weighted by Gasteiger charge is -2.09. The van der Waals surface area contributed by atoms with E-state index in [2.05, 4.69) is 20.8 Å². The van der Waals surface area contributed by atoms with Crippen LogP contribution in [0.1, 0.15) is 12.1 Å². The lowest BCUT2D eigenvalue weighted by atomic mass is 10.2. The van der Waals surface area contributed by atoms with Crippen molar-refractivity contribution in [2.75, 3.05) is 13.1 Å². The van der Waals surface area contributed by atoms with Crippen LogP contribution in [-0.4, -0.2) is 29.3 Å². The van der Waals surface area contributed by atoms with Gasteiger partial charge in [0.15, 0.2) is 5.15 Å². The summed E-state index contributed by atoms with van der Waals surface area (Å²) in [7, 11) is 0. The fourth-order valence-corrected chi connectivity index (χ4v) is 1.62. The topological polar surface area (TPSA) is 49.8 Å². The van der Waals surface area contributed by atoms with Gasteiger partial charge >= 0.3 is 0 Å². The van der Waals surface area contributed by atoms with Gasteiger partial charge in [-0.05, 0) is 25.1 Å². The van der Waals surface area contributed by atoms with Gasteiger partial charge in [0.05, 0.1) is 5.69 Å². The van der Waals surface area contributed by atoms with Gasteiger partial charge in [-0.25, -0.2) is 0 Å². The first-order valence-corrected chi connectivity index (χ1v) is 5.14. The zero-order valence-corrected chi connectivity index (χ0v) is 9.81. The van der Waals surface area contributed by atoms with Crippen LogP contribution < -0.4 is 10.6 Å². The minimum atomic E-state index is 0. The van der Waals surface area contributed by atoms with E-state index in [9.17, 15) is 0 Å². The zero-order chi connectivity index (χ0) is 9.80. The molecule has 0 amide bonds. The van der Waals surface area contributed by atoms with Crippen molar-refractivity contribution in [2.45, 2.75) is 19.0 Å². The SMILES string of the molecule is Cl.Clc1ccc(CN[C@@H]2CCNC2)nn1. The summed E-state index contributed by atoms with van der Waals surface area (Å²) >= 11 is 5.63. The Labute approximate surface area is 100 Å². The molecule has 84 valence electrons. The summed E-state index contributed by atoms with van der Waals surface area (Å²) in [5.41, 5.74) is 0.932. The number of nitrogens with zero attached hydrogens (tertiary/aromatic N) is 2. The van der Waals surface area contributed by atoms with Gasteiger partial charge in [0.25, 0.3) is 0 Å². The van der Waals surface area contributed by atoms with Crippen LogP contribution in [0.15, 0.2) is 12.1 Å². The largest absolute Gasteiger partial charge is 0.315 e. The molecule has 0 bridgehead atoms. The highest BCUT2D eigenvalue weighted by Crippen LogP contribution is 2.03. The molecule has 1 saturated heterocycles. The molecule has 1 aromatic rings. The van der Waals surface area contributed by atoms with E-state index in [1.165, 1.54) is 6.42 Å². The van der Waals surface area contributed by atoms with Crippen LogP contribution in [0.3, 0.4) is 0 Å². The lowest BCUT2D eigenvalue weighted by Crippen LogP contribution is -2.30. The van der Waals surface area contributed by atoms with Crippen molar-refractivity contribution in [1.82, 2.24) is 20.8 Å². The van der Waals surface area contributed by atoms with E-state index in [4.69, 9.17) is 11.6 Å². The van der Waals surface area contributed by atoms with E-state index in [-0.39, 0.29) is 12.4 Å². The van der Waals surface area contributed by atoms with Gasteiger partial charge in [0, 0.05) is 19.1 Å². The summed E-state index contributed by atoms with van der Waals surface area (Å²) in [5, 5.41) is 14.9. The lowest BCUT2D eigenvalue weighted by molar-refractivity contribution is 0.539. The van der Waals surface area contributed by atoms with Crippen LogP contribution in [0, 0.1) is 0 Å². The third kappa shape index (κ3) is 3.91. The maximum atomic E-state index is 5.63. The third-order valence-electron chi connectivity index (χ3n) is 2.32. The fraction of sp³-hybridized carbons (Fsp3) is 0.556. The molecule has 0 aliphatic carbocycles. The van der Waals surface area contributed by atoms with Gasteiger partial charge in [0.2, 0.25) is 0 Å². The second-order valence-electron chi connectivity index (χ2n) is 3.42. The third-order valence-corrected chi connectivity index (χ3v) is 2.52. The van der Waals surface area contributed by atoms with Crippen molar-refractivity contribution >= 4 is 24.0 Å². The summed E-state index contributed by atoms with van der Waals surface area (Å²) in [6.45, 7) is 2.90. The Morgan fingerprint density at radius 1 is 1.47 bits per heavy atom. The molecule has 0 unspecified atom stereocenters. The van der Waals surface area contributed by atoms with Crippen LogP contribution in [0.25, 0.3) is 0 Å². The predicted octanol–water partition coefficient (Wildman–Crippen LogP) is 1.00. The van der Waals surface area contributed by atoms with E-state index in [1.807, 2.05) is 6.07 Å². The van der Waals surface area contributed by atoms with Crippen molar-refractivity contribution in [3.8, 4) is 0 Å². The predicted molar refractivity (Wildman–Crippen MR) is 62.4 cm³/mol. The molecule has 1 aliphatic heterocycles. The molecule has 1 aliphatic rings. The monoisotopic (exact) mass is 248 g/mol. The number of nitrogens with one attached hydrogen (secondary N) is 2. The smallest absolute Gasteiger partial charge is 0.151 e. The first-order valence-electron chi connectivity index (χ1n) is 4.77. The normalized spacial score (nSPS) is 19.9. The molecule has 1 aromatic heterocycles. The zero-order valence-electron chi connectivity index (χ0n) is 8.24. The van der Waals surface area contributed by atoms with Crippen molar-refractivity contribution in [1.29, 1.82) is 0 Å². The first kappa shape index (κ1) is 12.6. The van der Waals surface area contributed by atoms with Gasteiger partial charge in [-0.1, -0.05) is 11.6 Å². The van der Waals surface area contributed by atoms with Gasteiger partial charge in [-0.2, -0.15) is 5.10 Å². The van der Waals surface area contributed by atoms with Crippen LogP contribution >= 0.6 is 24.0 Å². The average molecular weight is 249 g/mol. The van der Waals surface area contributed by atoms with Crippen molar-refractivity contribution < 1.29 is 0 Å². The fourth-order valence-electron chi connectivity index (χ4n) is 1.52. The highest BCUT2D eigenvalue weighted by molar-refractivity contribution is 6.29. The Morgan fingerprint density at radius 2 is 2.33 bits per heavy atom. The van der Waals surface area contributed by atoms with Crippen LogP contribution in [0.2, 0.25) is 5.15 Å². The van der Waals surface area contributed by atoms with Crippen LogP contribution in [-0.2, 0) is 6.54 Å². The highest BCUT2D eigenvalue weighted by Gasteiger charge is 2.13. The molecule has 0 spiro atoms. The van der Waals surface area contributed by atoms with E-state index in [0.29, 0.717) is 11.2 Å². The minimum absolute atomic E-state index is 0. The molecule has 4 nitrogen and oxygen atoms in total. The van der Waals surface area contributed by atoms with E-state index >= 15 is 0 Å². The van der Waals surface area contributed by atoms with Crippen LogP contribution in [0.4, 0.5) is 0 Å². The molecule has 1 fully saturated rings. The standard InChI is InChI=1S/C9H13ClN4.ClH/c10-9-2-1-8(13-14-9)6-12-7-3-4-11-5-7;/h1-2,7,11-12H,3-6H2;1H/t7-;/m1./s1. The molecule has 0 radical (unpaired) electrons. The molecule has 2 N–H and O–H groups in total. The summed E-state index contributed by atoms with van der Waals surface area (Å²) in [5.74, 6) is 0. The van der Waals surface area contributed by atoms with Crippen molar-refractivity contribution in [3.63, 3.8) is 0 Å². The minimum Gasteiger partial charge on any atom is -0.315 e. The maximum Gasteiger partial charge on any atom is 0.151 e. The van der Waals surface area contributed by atoms with Gasteiger partial charge in [-0.3, -0.25) is 0 Å².